The first-order chi connectivity index (χ1) is 8.36. The van der Waals surface area contributed by atoms with Crippen LogP contribution in [0.4, 0.5) is 0 Å². The minimum absolute atomic E-state index is 0.104. The second-order valence-electron chi connectivity index (χ2n) is 4.85. The Balaban J connectivity index is 1.87. The van der Waals surface area contributed by atoms with Crippen molar-refractivity contribution in [1.82, 2.24) is 0 Å². The lowest BCUT2D eigenvalue weighted by molar-refractivity contribution is -0.203. The fourth-order valence-electron chi connectivity index (χ4n) is 2.55. The average Bonchev–Trinajstić information content (AvgIpc) is 2.34. The molecular formula is C15H22O2. The van der Waals surface area contributed by atoms with Crippen molar-refractivity contribution in [3.8, 4) is 0 Å². The van der Waals surface area contributed by atoms with Crippen LogP contribution in [0.25, 0.3) is 0 Å². The normalized spacial score (nSPS) is 27.8. The van der Waals surface area contributed by atoms with E-state index in [1.54, 1.807) is 0 Å². The molecule has 0 saturated carbocycles. The van der Waals surface area contributed by atoms with Crippen LogP contribution in [0.15, 0.2) is 30.3 Å². The zero-order chi connectivity index (χ0) is 12.1. The molecule has 0 aromatic heterocycles. The number of rotatable bonds is 6. The number of aliphatic hydroxyl groups excluding tert-OH is 1. The van der Waals surface area contributed by atoms with Crippen molar-refractivity contribution in [2.75, 3.05) is 6.61 Å². The first-order valence-corrected chi connectivity index (χ1v) is 6.68. The predicted octanol–water partition coefficient (Wildman–Crippen LogP) is 3.32. The van der Waals surface area contributed by atoms with Gasteiger partial charge in [-0.3, -0.25) is 0 Å². The molecule has 0 amide bonds. The molecular weight excluding hydrogens is 212 g/mol. The second kappa shape index (κ2) is 6.18. The maximum Gasteiger partial charge on any atom is 0.0903 e. The van der Waals surface area contributed by atoms with Crippen LogP contribution in [0.2, 0.25) is 0 Å². The van der Waals surface area contributed by atoms with E-state index in [1.165, 1.54) is 24.8 Å². The molecule has 1 saturated heterocycles. The van der Waals surface area contributed by atoms with E-state index in [-0.39, 0.29) is 24.7 Å². The highest BCUT2D eigenvalue weighted by molar-refractivity contribution is 5.20. The molecule has 1 heterocycles. The lowest BCUT2D eigenvalue weighted by Crippen LogP contribution is -2.44. The number of aliphatic hydroxyl groups is 1. The van der Waals surface area contributed by atoms with Gasteiger partial charge in [0.2, 0.25) is 0 Å². The van der Waals surface area contributed by atoms with Gasteiger partial charge in [-0.05, 0) is 12.0 Å². The van der Waals surface area contributed by atoms with Gasteiger partial charge in [0.1, 0.15) is 0 Å². The standard InChI is InChI=1S/C15H22O2/c1-2-3-5-10-14-13(11-16)15(17-14)12-8-6-4-7-9-12/h4,6-9,13-16H,2-3,5,10-11H2,1H3/t13-,14-,15+/m0/s1. The largest absolute Gasteiger partial charge is 0.396 e. The Morgan fingerprint density at radius 1 is 1.18 bits per heavy atom. The Kier molecular flexibility index (Phi) is 4.57. The van der Waals surface area contributed by atoms with Gasteiger partial charge in [-0.1, -0.05) is 56.5 Å². The van der Waals surface area contributed by atoms with Crippen LogP contribution in [-0.2, 0) is 4.74 Å². The molecule has 3 atom stereocenters. The van der Waals surface area contributed by atoms with E-state index >= 15 is 0 Å². The van der Waals surface area contributed by atoms with E-state index in [9.17, 15) is 5.11 Å². The molecule has 17 heavy (non-hydrogen) atoms. The maximum atomic E-state index is 9.46. The number of hydrogen-bond donors (Lipinski definition) is 1. The summed E-state index contributed by atoms with van der Waals surface area (Å²) < 4.78 is 5.92. The average molecular weight is 234 g/mol. The third kappa shape index (κ3) is 2.88. The zero-order valence-corrected chi connectivity index (χ0v) is 10.5. The molecule has 2 heteroatoms. The number of ether oxygens (including phenoxy) is 1. The van der Waals surface area contributed by atoms with Crippen molar-refractivity contribution in [1.29, 1.82) is 0 Å². The molecule has 94 valence electrons. The third-order valence-corrected chi connectivity index (χ3v) is 3.62. The summed E-state index contributed by atoms with van der Waals surface area (Å²) in [4.78, 5) is 0. The molecule has 1 aromatic rings. The van der Waals surface area contributed by atoms with Crippen LogP contribution < -0.4 is 0 Å². The Hall–Kier alpha value is -0.860. The van der Waals surface area contributed by atoms with E-state index in [0.29, 0.717) is 0 Å². The Bertz CT molecular complexity index is 323. The van der Waals surface area contributed by atoms with Crippen LogP contribution in [0.5, 0.6) is 0 Å². The molecule has 1 fully saturated rings. The van der Waals surface area contributed by atoms with Gasteiger partial charge in [-0.25, -0.2) is 0 Å². The van der Waals surface area contributed by atoms with Crippen molar-refractivity contribution in [2.24, 2.45) is 5.92 Å². The topological polar surface area (TPSA) is 29.5 Å². The third-order valence-electron chi connectivity index (χ3n) is 3.62. The van der Waals surface area contributed by atoms with Crippen LogP contribution in [-0.4, -0.2) is 17.8 Å². The molecule has 1 N–H and O–H groups in total. The van der Waals surface area contributed by atoms with Gasteiger partial charge in [0.15, 0.2) is 0 Å². The molecule has 0 bridgehead atoms. The van der Waals surface area contributed by atoms with Gasteiger partial charge in [-0.15, -0.1) is 0 Å². The molecule has 0 aliphatic carbocycles. The molecule has 2 nitrogen and oxygen atoms in total. The molecule has 1 aliphatic rings. The fraction of sp³-hybridized carbons (Fsp3) is 0.600. The van der Waals surface area contributed by atoms with E-state index < -0.39 is 0 Å². The lowest BCUT2D eigenvalue weighted by Gasteiger charge is -2.44. The van der Waals surface area contributed by atoms with E-state index in [2.05, 4.69) is 19.1 Å². The van der Waals surface area contributed by atoms with Gasteiger partial charge in [-0.2, -0.15) is 0 Å². The van der Waals surface area contributed by atoms with Crippen LogP contribution in [0.3, 0.4) is 0 Å². The molecule has 0 radical (unpaired) electrons. The predicted molar refractivity (Wildman–Crippen MR) is 68.8 cm³/mol. The summed E-state index contributed by atoms with van der Waals surface area (Å²) in [7, 11) is 0. The van der Waals surface area contributed by atoms with Crippen molar-refractivity contribution in [2.45, 2.75) is 44.8 Å². The summed E-state index contributed by atoms with van der Waals surface area (Å²) in [5.41, 5.74) is 1.19. The van der Waals surface area contributed by atoms with Gasteiger partial charge in [0, 0.05) is 5.92 Å². The van der Waals surface area contributed by atoms with E-state index in [0.717, 1.165) is 6.42 Å². The molecule has 2 rings (SSSR count). The minimum atomic E-state index is 0.104. The highest BCUT2D eigenvalue weighted by Crippen LogP contribution is 2.42. The van der Waals surface area contributed by atoms with Crippen LogP contribution in [0.1, 0.15) is 44.3 Å². The van der Waals surface area contributed by atoms with Crippen molar-refractivity contribution < 1.29 is 9.84 Å². The first-order valence-electron chi connectivity index (χ1n) is 6.68. The first kappa shape index (κ1) is 12.6. The number of hydrogen-bond acceptors (Lipinski definition) is 2. The Labute approximate surface area is 104 Å². The SMILES string of the molecule is CCCCC[C@@H]1O[C@H](c2ccccc2)[C@H]1CO. The quantitative estimate of drug-likeness (QED) is 0.765. The Morgan fingerprint density at radius 2 is 1.94 bits per heavy atom. The molecule has 1 aliphatic heterocycles. The van der Waals surface area contributed by atoms with Gasteiger partial charge < -0.3 is 9.84 Å². The second-order valence-corrected chi connectivity index (χ2v) is 4.85. The maximum absolute atomic E-state index is 9.46. The van der Waals surface area contributed by atoms with Crippen LogP contribution in [0, 0.1) is 5.92 Å². The molecule has 1 aromatic carbocycles. The lowest BCUT2D eigenvalue weighted by atomic mass is 9.83. The van der Waals surface area contributed by atoms with Gasteiger partial charge in [0.25, 0.3) is 0 Å². The monoisotopic (exact) mass is 234 g/mol. The zero-order valence-electron chi connectivity index (χ0n) is 10.5. The summed E-state index contributed by atoms with van der Waals surface area (Å²) in [6.45, 7) is 2.44. The fourth-order valence-corrected chi connectivity index (χ4v) is 2.55. The van der Waals surface area contributed by atoms with Crippen molar-refractivity contribution in [3.63, 3.8) is 0 Å². The number of benzene rings is 1. The summed E-state index contributed by atoms with van der Waals surface area (Å²) in [6.07, 6.45) is 5.15. The molecule has 0 unspecified atom stereocenters. The molecule has 0 spiro atoms. The summed E-state index contributed by atoms with van der Waals surface area (Å²) >= 11 is 0. The van der Waals surface area contributed by atoms with E-state index in [4.69, 9.17) is 4.74 Å². The van der Waals surface area contributed by atoms with Gasteiger partial charge in [0.05, 0.1) is 18.8 Å². The minimum Gasteiger partial charge on any atom is -0.396 e. The van der Waals surface area contributed by atoms with Crippen LogP contribution >= 0.6 is 0 Å². The summed E-state index contributed by atoms with van der Waals surface area (Å²) in [5, 5.41) is 9.46. The Morgan fingerprint density at radius 3 is 2.59 bits per heavy atom. The summed E-state index contributed by atoms with van der Waals surface area (Å²) in [5.74, 6) is 0.286. The van der Waals surface area contributed by atoms with Crippen molar-refractivity contribution >= 4 is 0 Å². The van der Waals surface area contributed by atoms with Gasteiger partial charge >= 0.3 is 0 Å². The van der Waals surface area contributed by atoms with E-state index in [1.807, 2.05) is 18.2 Å². The number of unbranched alkanes of at least 4 members (excludes halogenated alkanes) is 2. The van der Waals surface area contributed by atoms with Crippen molar-refractivity contribution in [3.05, 3.63) is 35.9 Å². The highest BCUT2D eigenvalue weighted by atomic mass is 16.5. The highest BCUT2D eigenvalue weighted by Gasteiger charge is 2.41. The summed E-state index contributed by atoms with van der Waals surface area (Å²) in [6, 6.07) is 10.2. The smallest absolute Gasteiger partial charge is 0.0903 e.